The molecule has 0 saturated heterocycles. The second-order valence-electron chi connectivity index (χ2n) is 10.1. The summed E-state index contributed by atoms with van der Waals surface area (Å²) < 4.78 is 0.889. The van der Waals surface area contributed by atoms with Gasteiger partial charge in [0.25, 0.3) is 5.91 Å². The lowest BCUT2D eigenvalue weighted by Crippen LogP contribution is -2.50. The third kappa shape index (κ3) is 8.36. The van der Waals surface area contributed by atoms with Crippen molar-refractivity contribution in [2.24, 2.45) is 5.92 Å². The maximum Gasteiger partial charge on any atom is 0.270 e. The number of carbonyl (C=O) groups is 1. The third-order valence-corrected chi connectivity index (χ3v) is 8.05. The number of likely N-dealkylation sites (N-methyl/N-ethyl adjacent to an activating group) is 1. The normalized spacial score (nSPS) is 17.3. The number of quaternary nitrogens is 1. The van der Waals surface area contributed by atoms with E-state index in [1.54, 1.807) is 0 Å². The molecule has 1 aromatic heterocycles. The molecule has 1 fully saturated rings. The summed E-state index contributed by atoms with van der Waals surface area (Å²) in [5, 5.41) is 15.4. The number of aliphatic hydroxyl groups is 1. The molecule has 0 bridgehead atoms. The summed E-state index contributed by atoms with van der Waals surface area (Å²) in [5.74, 6) is 0.635. The maximum absolute atomic E-state index is 12.7. The number of nitrogens with one attached hydrogen (secondary N) is 1. The van der Waals surface area contributed by atoms with Crippen molar-refractivity contribution >= 4 is 28.1 Å². The Morgan fingerprint density at radius 3 is 2.47 bits per heavy atom. The average molecular weight is 488 g/mol. The minimum atomic E-state index is -0.114. The van der Waals surface area contributed by atoms with Gasteiger partial charge in [0, 0.05) is 37.0 Å². The first kappa shape index (κ1) is 26.6. The van der Waals surface area contributed by atoms with Gasteiger partial charge in [0.1, 0.15) is 12.2 Å². The van der Waals surface area contributed by atoms with E-state index in [4.69, 9.17) is 0 Å². The maximum atomic E-state index is 12.7. The van der Waals surface area contributed by atoms with Gasteiger partial charge in [-0.15, -0.1) is 11.3 Å². The SMILES string of the molecule is CN(c1ccccc1)c1nc(C(=O)NCCC[N+](C)(CCO)CC2CCCCCCCC2)cs1. The number of nitrogens with zero attached hydrogens (tertiary/aromatic N) is 3. The van der Waals surface area contributed by atoms with E-state index in [9.17, 15) is 9.90 Å². The zero-order valence-corrected chi connectivity index (χ0v) is 21.9. The molecule has 1 amide bonds. The largest absolute Gasteiger partial charge is 0.391 e. The number of hydrogen-bond acceptors (Lipinski definition) is 5. The summed E-state index contributed by atoms with van der Waals surface area (Å²) in [6, 6.07) is 10.0. The minimum Gasteiger partial charge on any atom is -0.391 e. The monoisotopic (exact) mass is 487 g/mol. The van der Waals surface area contributed by atoms with Crippen molar-refractivity contribution in [2.45, 2.75) is 57.8 Å². The van der Waals surface area contributed by atoms with Crippen molar-refractivity contribution in [3.05, 3.63) is 41.4 Å². The highest BCUT2D eigenvalue weighted by atomic mass is 32.1. The smallest absolute Gasteiger partial charge is 0.270 e. The van der Waals surface area contributed by atoms with E-state index in [0.29, 0.717) is 12.2 Å². The van der Waals surface area contributed by atoms with Crippen molar-refractivity contribution in [2.75, 3.05) is 51.8 Å². The van der Waals surface area contributed by atoms with Crippen LogP contribution >= 0.6 is 11.3 Å². The summed E-state index contributed by atoms with van der Waals surface area (Å²) in [4.78, 5) is 19.2. The van der Waals surface area contributed by atoms with E-state index < -0.39 is 0 Å². The van der Waals surface area contributed by atoms with Crippen molar-refractivity contribution < 1.29 is 14.4 Å². The topological polar surface area (TPSA) is 65.5 Å². The first-order valence-electron chi connectivity index (χ1n) is 13.0. The van der Waals surface area contributed by atoms with E-state index in [0.717, 1.165) is 47.3 Å². The number of carbonyl (C=O) groups excluding carboxylic acids is 1. The lowest BCUT2D eigenvalue weighted by Gasteiger charge is -2.37. The van der Waals surface area contributed by atoms with Gasteiger partial charge >= 0.3 is 0 Å². The van der Waals surface area contributed by atoms with Gasteiger partial charge < -0.3 is 19.8 Å². The summed E-state index contributed by atoms with van der Waals surface area (Å²) in [7, 11) is 4.24. The molecule has 6 nitrogen and oxygen atoms in total. The number of benzene rings is 1. The fourth-order valence-electron chi connectivity index (χ4n) is 5.10. The van der Waals surface area contributed by atoms with Crippen molar-refractivity contribution in [1.82, 2.24) is 10.3 Å². The Hall–Kier alpha value is -1.96. The van der Waals surface area contributed by atoms with Gasteiger partial charge in [-0.25, -0.2) is 4.98 Å². The van der Waals surface area contributed by atoms with Crippen LogP contribution in [0.3, 0.4) is 0 Å². The summed E-state index contributed by atoms with van der Waals surface area (Å²) >= 11 is 1.48. The van der Waals surface area contributed by atoms with Crippen molar-refractivity contribution in [3.8, 4) is 0 Å². The molecule has 1 saturated carbocycles. The Kier molecular flexibility index (Phi) is 10.8. The Labute approximate surface area is 209 Å². The molecule has 0 spiro atoms. The summed E-state index contributed by atoms with van der Waals surface area (Å²) in [6.07, 6.45) is 11.7. The molecule has 1 aromatic carbocycles. The number of hydrogen-bond donors (Lipinski definition) is 2. The lowest BCUT2D eigenvalue weighted by molar-refractivity contribution is -0.913. The second-order valence-corrected chi connectivity index (χ2v) is 10.9. The van der Waals surface area contributed by atoms with Crippen LogP contribution in [0.5, 0.6) is 0 Å². The van der Waals surface area contributed by atoms with Gasteiger partial charge in [-0.3, -0.25) is 4.79 Å². The quantitative estimate of drug-likeness (QED) is 0.337. The molecular formula is C27H43N4O2S+. The summed E-state index contributed by atoms with van der Waals surface area (Å²) in [5.41, 5.74) is 1.52. The lowest BCUT2D eigenvalue weighted by atomic mass is 9.95. The predicted octanol–water partition coefficient (Wildman–Crippen LogP) is 5.22. The molecule has 34 heavy (non-hydrogen) atoms. The van der Waals surface area contributed by atoms with Gasteiger partial charge in [0.05, 0.1) is 26.7 Å². The Morgan fingerprint density at radius 1 is 1.12 bits per heavy atom. The molecule has 188 valence electrons. The zero-order chi connectivity index (χ0) is 24.2. The van der Waals surface area contributed by atoms with Crippen LogP contribution < -0.4 is 10.2 Å². The average Bonchev–Trinajstić information content (AvgIpc) is 3.37. The number of anilines is 2. The molecular weight excluding hydrogens is 444 g/mol. The highest BCUT2D eigenvalue weighted by molar-refractivity contribution is 7.14. The molecule has 1 aliphatic carbocycles. The molecule has 1 unspecified atom stereocenters. The van der Waals surface area contributed by atoms with Crippen LogP contribution in [-0.2, 0) is 0 Å². The molecule has 0 radical (unpaired) electrons. The molecule has 3 rings (SSSR count). The van der Waals surface area contributed by atoms with Gasteiger partial charge in [-0.2, -0.15) is 0 Å². The van der Waals surface area contributed by atoms with Crippen LogP contribution in [0, 0.1) is 5.92 Å². The van der Waals surface area contributed by atoms with Gasteiger partial charge in [0.15, 0.2) is 5.13 Å². The molecule has 7 heteroatoms. The number of aliphatic hydroxyl groups excluding tert-OH is 1. The highest BCUT2D eigenvalue weighted by Crippen LogP contribution is 2.27. The van der Waals surface area contributed by atoms with Gasteiger partial charge in [0.2, 0.25) is 0 Å². The summed E-state index contributed by atoms with van der Waals surface area (Å²) in [6.45, 7) is 3.73. The second kappa shape index (κ2) is 13.8. The van der Waals surface area contributed by atoms with E-state index in [2.05, 4.69) is 17.3 Å². The minimum absolute atomic E-state index is 0.114. The van der Waals surface area contributed by atoms with Gasteiger partial charge in [-0.1, -0.05) is 56.7 Å². The van der Waals surface area contributed by atoms with Gasteiger partial charge in [-0.05, 0) is 25.0 Å². The van der Waals surface area contributed by atoms with Crippen molar-refractivity contribution in [3.63, 3.8) is 0 Å². The van der Waals surface area contributed by atoms with Crippen LogP contribution in [0.4, 0.5) is 10.8 Å². The van der Waals surface area contributed by atoms with E-state index >= 15 is 0 Å². The molecule has 2 N–H and O–H groups in total. The predicted molar refractivity (Wildman–Crippen MR) is 142 cm³/mol. The van der Waals surface area contributed by atoms with Crippen LogP contribution in [0.15, 0.2) is 35.7 Å². The molecule has 0 aliphatic heterocycles. The van der Waals surface area contributed by atoms with Crippen LogP contribution in [-0.4, -0.2) is 67.4 Å². The fourth-order valence-corrected chi connectivity index (χ4v) is 5.89. The number of aromatic nitrogens is 1. The number of rotatable bonds is 11. The first-order chi connectivity index (χ1) is 16.5. The highest BCUT2D eigenvalue weighted by Gasteiger charge is 2.26. The van der Waals surface area contributed by atoms with Crippen molar-refractivity contribution in [1.29, 1.82) is 0 Å². The molecule has 1 heterocycles. The first-order valence-corrected chi connectivity index (χ1v) is 13.9. The van der Waals surface area contributed by atoms with E-state index in [1.165, 1.54) is 62.7 Å². The zero-order valence-electron chi connectivity index (χ0n) is 21.0. The van der Waals surface area contributed by atoms with Crippen LogP contribution in [0.1, 0.15) is 68.3 Å². The Morgan fingerprint density at radius 2 is 1.79 bits per heavy atom. The Bertz CT molecular complexity index is 849. The third-order valence-electron chi connectivity index (χ3n) is 7.13. The number of para-hydroxylation sites is 1. The number of thiazole rings is 1. The molecule has 1 aliphatic rings. The van der Waals surface area contributed by atoms with E-state index in [-0.39, 0.29) is 12.5 Å². The standard InChI is InChI=1S/C27H42N4O2S/c1-30(24-15-10-7-11-16-24)27-29-25(22-34-27)26(33)28-17-12-18-31(2,19-20-32)21-23-13-8-5-3-4-6-9-14-23/h7,10-11,15-16,22-23,32H,3-6,8-9,12-14,17-21H2,1-2H3/p+1. The number of amides is 1. The Balaban J connectivity index is 1.46. The molecule has 2 aromatic rings. The fraction of sp³-hybridized carbons (Fsp3) is 0.630. The van der Waals surface area contributed by atoms with Crippen LogP contribution in [0.2, 0.25) is 0 Å². The van der Waals surface area contributed by atoms with Crippen LogP contribution in [0.25, 0.3) is 0 Å². The van der Waals surface area contributed by atoms with E-state index in [1.807, 2.05) is 47.7 Å². The molecule has 1 atom stereocenters.